The van der Waals surface area contributed by atoms with Crippen molar-refractivity contribution in [3.8, 4) is 18.4 Å². The van der Waals surface area contributed by atoms with Crippen molar-refractivity contribution in [2.24, 2.45) is 0 Å². The molecule has 0 saturated heterocycles. The molecule has 0 aliphatic carbocycles. The van der Waals surface area contributed by atoms with Crippen molar-refractivity contribution in [1.82, 2.24) is 0 Å². The van der Waals surface area contributed by atoms with Crippen LogP contribution >= 0.6 is 0 Å². The zero-order valence-electron chi connectivity index (χ0n) is 6.93. The second kappa shape index (κ2) is 6.90. The summed E-state index contributed by atoms with van der Waals surface area (Å²) in [5.41, 5.74) is 0.820. The van der Waals surface area contributed by atoms with Gasteiger partial charge in [0.1, 0.15) is 0 Å². The van der Waals surface area contributed by atoms with Gasteiger partial charge in [0.2, 0.25) is 0 Å². The Labute approximate surface area is 68.7 Å². The van der Waals surface area contributed by atoms with Crippen molar-refractivity contribution in [3.63, 3.8) is 0 Å². The molecule has 58 valence electrons. The number of rotatable bonds is 4. The molecular formula is C10H13N. The van der Waals surface area contributed by atoms with Gasteiger partial charge in [-0.1, -0.05) is 25.7 Å². The molecule has 11 heavy (non-hydrogen) atoms. The third-order valence-electron chi connectivity index (χ3n) is 1.47. The first-order valence-corrected chi connectivity index (χ1v) is 3.90. The van der Waals surface area contributed by atoms with Crippen LogP contribution in [0, 0.1) is 23.7 Å². The van der Waals surface area contributed by atoms with E-state index in [4.69, 9.17) is 11.7 Å². The summed E-state index contributed by atoms with van der Waals surface area (Å²) in [6.45, 7) is 2.14. The molecule has 0 atom stereocenters. The van der Waals surface area contributed by atoms with Crippen molar-refractivity contribution >= 4 is 0 Å². The molecule has 0 heterocycles. The van der Waals surface area contributed by atoms with E-state index >= 15 is 0 Å². The van der Waals surface area contributed by atoms with E-state index in [1.165, 1.54) is 18.9 Å². The number of unbranched alkanes of at least 4 members (excludes halogenated alkanes) is 2. The maximum atomic E-state index is 8.30. The highest BCUT2D eigenvalue weighted by Gasteiger charge is 1.91. The maximum absolute atomic E-state index is 8.30. The Morgan fingerprint density at radius 1 is 1.55 bits per heavy atom. The van der Waals surface area contributed by atoms with Gasteiger partial charge in [0.05, 0.1) is 6.07 Å². The van der Waals surface area contributed by atoms with E-state index in [1.54, 1.807) is 0 Å². The van der Waals surface area contributed by atoms with Crippen LogP contribution in [0.1, 0.15) is 32.6 Å². The van der Waals surface area contributed by atoms with Gasteiger partial charge >= 0.3 is 0 Å². The third-order valence-corrected chi connectivity index (χ3v) is 1.47. The normalized spacial score (nSPS) is 10.3. The molecule has 0 rings (SSSR count). The highest BCUT2D eigenvalue weighted by atomic mass is 14.2. The Kier molecular flexibility index (Phi) is 6.14. The van der Waals surface area contributed by atoms with E-state index in [0.717, 1.165) is 18.4 Å². The molecule has 0 aromatic carbocycles. The highest BCUT2D eigenvalue weighted by Crippen LogP contribution is 2.06. The zero-order chi connectivity index (χ0) is 8.53. The molecule has 0 aromatic heterocycles. The molecule has 0 aromatic rings. The van der Waals surface area contributed by atoms with Crippen molar-refractivity contribution in [1.29, 1.82) is 5.26 Å². The smallest absolute Gasteiger partial charge is 0.0921 e. The molecule has 0 amide bonds. The summed E-state index contributed by atoms with van der Waals surface area (Å²) < 4.78 is 0. The van der Waals surface area contributed by atoms with Gasteiger partial charge in [-0.25, -0.2) is 0 Å². The van der Waals surface area contributed by atoms with Gasteiger partial charge in [0.25, 0.3) is 0 Å². The van der Waals surface area contributed by atoms with Crippen LogP contribution in [0.4, 0.5) is 0 Å². The van der Waals surface area contributed by atoms with Crippen LogP contribution in [-0.4, -0.2) is 0 Å². The average molecular weight is 147 g/mol. The SMILES string of the molecule is C#C/C(=C\C#N)CCCCC. The van der Waals surface area contributed by atoms with Crippen molar-refractivity contribution in [3.05, 3.63) is 11.6 Å². The van der Waals surface area contributed by atoms with Crippen LogP contribution in [0.25, 0.3) is 0 Å². The maximum Gasteiger partial charge on any atom is 0.0921 e. The van der Waals surface area contributed by atoms with Crippen LogP contribution in [-0.2, 0) is 0 Å². The molecule has 1 nitrogen and oxygen atoms in total. The van der Waals surface area contributed by atoms with E-state index in [-0.39, 0.29) is 0 Å². The van der Waals surface area contributed by atoms with E-state index in [1.807, 2.05) is 6.07 Å². The summed E-state index contributed by atoms with van der Waals surface area (Å²) in [5, 5.41) is 8.30. The minimum absolute atomic E-state index is 0.820. The van der Waals surface area contributed by atoms with E-state index in [9.17, 15) is 0 Å². The van der Waals surface area contributed by atoms with Gasteiger partial charge in [-0.05, 0) is 12.8 Å². The van der Waals surface area contributed by atoms with Crippen LogP contribution in [0.2, 0.25) is 0 Å². The third kappa shape index (κ3) is 5.25. The highest BCUT2D eigenvalue weighted by molar-refractivity contribution is 5.29. The minimum Gasteiger partial charge on any atom is -0.193 e. The second-order valence-electron chi connectivity index (χ2n) is 2.40. The summed E-state index contributed by atoms with van der Waals surface area (Å²) >= 11 is 0. The molecule has 0 aliphatic heterocycles. The molecular weight excluding hydrogens is 134 g/mol. The summed E-state index contributed by atoms with van der Waals surface area (Å²) in [6, 6.07) is 1.94. The summed E-state index contributed by atoms with van der Waals surface area (Å²) in [5.74, 6) is 2.50. The Balaban J connectivity index is 3.66. The topological polar surface area (TPSA) is 23.8 Å². The lowest BCUT2D eigenvalue weighted by Gasteiger charge is -1.95. The molecule has 0 radical (unpaired) electrons. The van der Waals surface area contributed by atoms with Crippen molar-refractivity contribution < 1.29 is 0 Å². The van der Waals surface area contributed by atoms with E-state index in [0.29, 0.717) is 0 Å². The average Bonchev–Trinajstić information content (AvgIpc) is 2.03. The zero-order valence-corrected chi connectivity index (χ0v) is 6.93. The summed E-state index contributed by atoms with van der Waals surface area (Å²) in [6.07, 6.45) is 11.0. The second-order valence-corrected chi connectivity index (χ2v) is 2.40. The molecule has 0 aliphatic rings. The van der Waals surface area contributed by atoms with Crippen molar-refractivity contribution in [2.75, 3.05) is 0 Å². The quantitative estimate of drug-likeness (QED) is 0.340. The first-order chi connectivity index (χ1) is 5.35. The van der Waals surface area contributed by atoms with Gasteiger partial charge in [-0.2, -0.15) is 5.26 Å². The minimum atomic E-state index is 0.820. The number of nitrogens with zero attached hydrogens (tertiary/aromatic N) is 1. The Morgan fingerprint density at radius 3 is 2.73 bits per heavy atom. The van der Waals surface area contributed by atoms with E-state index < -0.39 is 0 Å². The Morgan fingerprint density at radius 2 is 2.27 bits per heavy atom. The van der Waals surface area contributed by atoms with Crippen LogP contribution in [0.5, 0.6) is 0 Å². The van der Waals surface area contributed by atoms with Gasteiger partial charge in [-0.3, -0.25) is 0 Å². The Hall–Kier alpha value is -1.21. The first kappa shape index (κ1) is 9.79. The lowest BCUT2D eigenvalue weighted by molar-refractivity contribution is 0.721. The summed E-state index contributed by atoms with van der Waals surface area (Å²) in [4.78, 5) is 0. The standard InChI is InChI=1S/C10H13N/c1-3-5-6-7-10(4-2)8-9-11/h2,8H,3,5-7H2,1H3/b10-8+. The fraction of sp³-hybridized carbons (Fsp3) is 0.500. The monoisotopic (exact) mass is 147 g/mol. The molecule has 0 unspecified atom stereocenters. The number of terminal acetylenes is 1. The van der Waals surface area contributed by atoms with Gasteiger partial charge < -0.3 is 0 Å². The van der Waals surface area contributed by atoms with Crippen LogP contribution in [0.15, 0.2) is 11.6 Å². The fourth-order valence-corrected chi connectivity index (χ4v) is 0.829. The molecule has 0 bridgehead atoms. The largest absolute Gasteiger partial charge is 0.193 e. The molecule has 0 N–H and O–H groups in total. The van der Waals surface area contributed by atoms with Crippen LogP contribution < -0.4 is 0 Å². The van der Waals surface area contributed by atoms with Gasteiger partial charge in [-0.15, -0.1) is 6.42 Å². The molecule has 0 saturated carbocycles. The predicted octanol–water partition coefficient (Wildman–Crippen LogP) is 2.65. The van der Waals surface area contributed by atoms with E-state index in [2.05, 4.69) is 12.8 Å². The number of nitriles is 1. The van der Waals surface area contributed by atoms with Crippen LogP contribution in [0.3, 0.4) is 0 Å². The van der Waals surface area contributed by atoms with Gasteiger partial charge in [0, 0.05) is 11.6 Å². The molecule has 0 spiro atoms. The number of hydrogen-bond acceptors (Lipinski definition) is 1. The first-order valence-electron chi connectivity index (χ1n) is 3.90. The lowest BCUT2D eigenvalue weighted by Crippen LogP contribution is -1.79. The molecule has 0 fully saturated rings. The summed E-state index contributed by atoms with van der Waals surface area (Å²) in [7, 11) is 0. The predicted molar refractivity (Wildman–Crippen MR) is 46.7 cm³/mol. The Bertz CT molecular complexity index is 200. The van der Waals surface area contributed by atoms with Gasteiger partial charge in [0.15, 0.2) is 0 Å². The molecule has 1 heteroatoms. The number of allylic oxidation sites excluding steroid dienone is 2. The lowest BCUT2D eigenvalue weighted by atomic mass is 10.1. The fourth-order valence-electron chi connectivity index (χ4n) is 0.829. The number of hydrogen-bond donors (Lipinski definition) is 0. The van der Waals surface area contributed by atoms with Crippen molar-refractivity contribution in [2.45, 2.75) is 32.6 Å².